The molecule has 0 spiro atoms. The number of hydrogen-bond acceptors (Lipinski definition) is 3. The van der Waals surface area contributed by atoms with Crippen LogP contribution in [0.3, 0.4) is 0 Å². The Morgan fingerprint density at radius 2 is 2.21 bits per heavy atom. The van der Waals surface area contributed by atoms with Crippen LogP contribution in [0.15, 0.2) is 23.1 Å². The second kappa shape index (κ2) is 5.94. The Kier molecular flexibility index (Phi) is 4.84. The minimum atomic E-state index is 0.978. The quantitative estimate of drug-likeness (QED) is 0.754. The number of rotatable bonds is 5. The van der Waals surface area contributed by atoms with Crippen molar-refractivity contribution in [1.29, 1.82) is 0 Å². The summed E-state index contributed by atoms with van der Waals surface area (Å²) in [6, 6.07) is 6.39. The van der Waals surface area contributed by atoms with Gasteiger partial charge >= 0.3 is 0 Å². The molecule has 1 N–H and O–H groups in total. The molecule has 0 bridgehead atoms. The summed E-state index contributed by atoms with van der Waals surface area (Å²) in [6.45, 7) is 1.00. The third-order valence-corrected chi connectivity index (χ3v) is 2.89. The van der Waals surface area contributed by atoms with Crippen LogP contribution in [0.5, 0.6) is 5.75 Å². The van der Waals surface area contributed by atoms with Crippen LogP contribution in [0.25, 0.3) is 0 Å². The van der Waals surface area contributed by atoms with Gasteiger partial charge in [0, 0.05) is 4.90 Å². The van der Waals surface area contributed by atoms with Crippen molar-refractivity contribution in [2.75, 3.05) is 27.0 Å². The molecule has 0 heterocycles. The van der Waals surface area contributed by atoms with Crippen molar-refractivity contribution in [1.82, 2.24) is 5.32 Å². The summed E-state index contributed by atoms with van der Waals surface area (Å²) >= 11 is 1.71. The van der Waals surface area contributed by atoms with Crippen LogP contribution in [0, 0.1) is 0 Å². The second-order valence-corrected chi connectivity index (χ2v) is 3.89. The van der Waals surface area contributed by atoms with E-state index in [0.29, 0.717) is 0 Å². The first kappa shape index (κ1) is 11.4. The molecular weight excluding hydrogens is 194 g/mol. The van der Waals surface area contributed by atoms with Crippen LogP contribution >= 0.6 is 11.8 Å². The van der Waals surface area contributed by atoms with E-state index < -0.39 is 0 Å². The number of hydrogen-bond donors (Lipinski definition) is 1. The van der Waals surface area contributed by atoms with E-state index in [-0.39, 0.29) is 0 Å². The molecule has 78 valence electrons. The lowest BCUT2D eigenvalue weighted by Gasteiger charge is -2.08. The van der Waals surface area contributed by atoms with Crippen LogP contribution in [0.1, 0.15) is 5.56 Å². The smallest absolute Gasteiger partial charge is 0.132 e. The molecule has 1 aromatic rings. The summed E-state index contributed by atoms with van der Waals surface area (Å²) in [6.07, 6.45) is 3.10. The molecule has 0 aliphatic rings. The fraction of sp³-hybridized carbons (Fsp3) is 0.455. The highest BCUT2D eigenvalue weighted by molar-refractivity contribution is 7.98. The molecule has 0 aliphatic carbocycles. The van der Waals surface area contributed by atoms with Crippen molar-refractivity contribution >= 4 is 11.8 Å². The molecule has 0 aliphatic heterocycles. The lowest BCUT2D eigenvalue weighted by atomic mass is 10.1. The van der Waals surface area contributed by atoms with E-state index in [1.54, 1.807) is 18.9 Å². The summed E-state index contributed by atoms with van der Waals surface area (Å²) in [7, 11) is 3.68. The fourth-order valence-electron chi connectivity index (χ4n) is 1.31. The average Bonchev–Trinajstić information content (AvgIpc) is 2.25. The Hall–Kier alpha value is -0.670. The first-order valence-electron chi connectivity index (χ1n) is 4.67. The number of thioether (sulfide) groups is 1. The highest BCUT2D eigenvalue weighted by atomic mass is 32.2. The van der Waals surface area contributed by atoms with E-state index in [9.17, 15) is 0 Å². The maximum absolute atomic E-state index is 5.32. The van der Waals surface area contributed by atoms with E-state index in [1.165, 1.54) is 10.5 Å². The van der Waals surface area contributed by atoms with Crippen LogP contribution in [-0.2, 0) is 6.42 Å². The van der Waals surface area contributed by atoms with Gasteiger partial charge in [0.25, 0.3) is 0 Å². The predicted octanol–water partition coefficient (Wildman–Crippen LogP) is 2.18. The normalized spacial score (nSPS) is 10.2. The second-order valence-electron chi connectivity index (χ2n) is 3.04. The molecule has 0 atom stereocenters. The number of likely N-dealkylation sites (N-methyl/N-ethyl adjacent to an activating group) is 1. The number of methoxy groups -OCH3 is 1. The SMILES string of the molecule is CNCCc1ccc(SC)c(OC)c1. The number of benzene rings is 1. The number of nitrogens with one attached hydrogen (secondary N) is 1. The molecule has 0 amide bonds. The summed E-state index contributed by atoms with van der Waals surface area (Å²) in [5.41, 5.74) is 1.31. The maximum atomic E-state index is 5.32. The third kappa shape index (κ3) is 2.93. The number of ether oxygens (including phenoxy) is 1. The third-order valence-electron chi connectivity index (χ3n) is 2.11. The monoisotopic (exact) mass is 211 g/mol. The van der Waals surface area contributed by atoms with Crippen LogP contribution in [0.2, 0.25) is 0 Å². The summed E-state index contributed by atoms with van der Waals surface area (Å²) in [4.78, 5) is 1.20. The van der Waals surface area contributed by atoms with Gasteiger partial charge < -0.3 is 10.1 Å². The van der Waals surface area contributed by atoms with Gasteiger partial charge in [0.1, 0.15) is 5.75 Å². The molecule has 0 saturated carbocycles. The first-order chi connectivity index (χ1) is 6.81. The van der Waals surface area contributed by atoms with Gasteiger partial charge in [-0.2, -0.15) is 0 Å². The van der Waals surface area contributed by atoms with Crippen molar-refractivity contribution in [3.8, 4) is 5.75 Å². The molecule has 14 heavy (non-hydrogen) atoms. The van der Waals surface area contributed by atoms with Gasteiger partial charge in [0.2, 0.25) is 0 Å². The van der Waals surface area contributed by atoms with Crippen molar-refractivity contribution in [2.24, 2.45) is 0 Å². The Morgan fingerprint density at radius 1 is 1.43 bits per heavy atom. The minimum absolute atomic E-state index is 0.978. The molecule has 2 nitrogen and oxygen atoms in total. The van der Waals surface area contributed by atoms with Gasteiger partial charge in [-0.25, -0.2) is 0 Å². The molecule has 1 aromatic carbocycles. The lowest BCUT2D eigenvalue weighted by molar-refractivity contribution is 0.404. The largest absolute Gasteiger partial charge is 0.496 e. The Bertz CT molecular complexity index is 289. The van der Waals surface area contributed by atoms with Gasteiger partial charge in [0.05, 0.1) is 7.11 Å². The standard InChI is InChI=1S/C11H17NOS/c1-12-7-6-9-4-5-11(14-3)10(8-9)13-2/h4-5,8,12H,6-7H2,1-3H3. The van der Waals surface area contributed by atoms with E-state index in [0.717, 1.165) is 18.7 Å². The lowest BCUT2D eigenvalue weighted by Crippen LogP contribution is -2.10. The van der Waals surface area contributed by atoms with Gasteiger partial charge in [0.15, 0.2) is 0 Å². The van der Waals surface area contributed by atoms with Crippen LogP contribution < -0.4 is 10.1 Å². The summed E-state index contributed by atoms with van der Waals surface area (Å²) in [5.74, 6) is 0.978. The Balaban J connectivity index is 2.79. The molecule has 0 unspecified atom stereocenters. The van der Waals surface area contributed by atoms with Crippen molar-refractivity contribution < 1.29 is 4.74 Å². The minimum Gasteiger partial charge on any atom is -0.496 e. The van der Waals surface area contributed by atoms with Gasteiger partial charge in [-0.1, -0.05) is 6.07 Å². The van der Waals surface area contributed by atoms with Crippen LogP contribution in [0.4, 0.5) is 0 Å². The summed E-state index contributed by atoms with van der Waals surface area (Å²) in [5, 5.41) is 3.14. The Labute approximate surface area is 90.0 Å². The highest BCUT2D eigenvalue weighted by Gasteiger charge is 2.02. The topological polar surface area (TPSA) is 21.3 Å². The predicted molar refractivity (Wildman–Crippen MR) is 62.4 cm³/mol. The fourth-order valence-corrected chi connectivity index (χ4v) is 1.85. The van der Waals surface area contributed by atoms with Crippen LogP contribution in [-0.4, -0.2) is 27.0 Å². The molecule has 0 radical (unpaired) electrons. The van der Waals surface area contributed by atoms with Gasteiger partial charge in [-0.3, -0.25) is 0 Å². The summed E-state index contributed by atoms with van der Waals surface area (Å²) < 4.78 is 5.32. The molecule has 1 rings (SSSR count). The zero-order valence-electron chi connectivity index (χ0n) is 8.96. The van der Waals surface area contributed by atoms with Gasteiger partial charge in [-0.05, 0) is 44.0 Å². The van der Waals surface area contributed by atoms with Crippen molar-refractivity contribution in [3.05, 3.63) is 23.8 Å². The maximum Gasteiger partial charge on any atom is 0.132 e. The van der Waals surface area contributed by atoms with Crippen molar-refractivity contribution in [2.45, 2.75) is 11.3 Å². The average molecular weight is 211 g/mol. The van der Waals surface area contributed by atoms with Gasteiger partial charge in [-0.15, -0.1) is 11.8 Å². The van der Waals surface area contributed by atoms with Crippen molar-refractivity contribution in [3.63, 3.8) is 0 Å². The Morgan fingerprint density at radius 3 is 2.79 bits per heavy atom. The molecule has 0 saturated heterocycles. The first-order valence-corrected chi connectivity index (χ1v) is 5.89. The zero-order chi connectivity index (χ0) is 10.4. The van der Waals surface area contributed by atoms with E-state index in [4.69, 9.17) is 4.74 Å². The molecule has 0 fully saturated rings. The molecular formula is C11H17NOS. The van der Waals surface area contributed by atoms with E-state index in [2.05, 4.69) is 29.8 Å². The van der Waals surface area contributed by atoms with E-state index >= 15 is 0 Å². The molecule has 3 heteroatoms. The zero-order valence-corrected chi connectivity index (χ0v) is 9.78. The molecule has 0 aromatic heterocycles. The highest BCUT2D eigenvalue weighted by Crippen LogP contribution is 2.28. The van der Waals surface area contributed by atoms with E-state index in [1.807, 2.05) is 7.05 Å².